The fraction of sp³-hybridized carbons (Fsp3) is 0.692. The van der Waals surface area contributed by atoms with Gasteiger partial charge in [0, 0.05) is 12.8 Å². The zero-order valence-electron chi connectivity index (χ0n) is 12.2. The van der Waals surface area contributed by atoms with Crippen molar-refractivity contribution in [3.05, 3.63) is 9.88 Å². The Morgan fingerprint density at radius 3 is 2.57 bits per heavy atom. The average molecular weight is 305 g/mol. The van der Waals surface area contributed by atoms with E-state index in [-0.39, 0.29) is 35.7 Å². The molecule has 0 bridgehead atoms. The van der Waals surface area contributed by atoms with Crippen molar-refractivity contribution in [3.8, 4) is 5.88 Å². The maximum Gasteiger partial charge on any atom is 1.00 e. The van der Waals surface area contributed by atoms with Gasteiger partial charge in [0.25, 0.3) is 0 Å². The summed E-state index contributed by atoms with van der Waals surface area (Å²) in [6.07, 6.45) is 3.02. The molecule has 0 radical (unpaired) electrons. The van der Waals surface area contributed by atoms with Gasteiger partial charge in [-0.1, -0.05) is 0 Å². The summed E-state index contributed by atoms with van der Waals surface area (Å²) < 4.78 is 17.0. The molecule has 0 unspecified atom stereocenters. The van der Waals surface area contributed by atoms with Crippen molar-refractivity contribution in [2.45, 2.75) is 44.5 Å². The first-order chi connectivity index (χ1) is 9.58. The smallest absolute Gasteiger partial charge is 0.544 e. The molecule has 0 amide bonds. The SMILES string of the molecule is Cc1nc(OC2CCC3(CC2)OCCO3)c(C(=O)[O-])s1.[Li+]. The molecular weight excluding hydrogens is 289 g/mol. The van der Waals surface area contributed by atoms with Crippen LogP contribution in [0.3, 0.4) is 0 Å². The van der Waals surface area contributed by atoms with E-state index in [1.807, 2.05) is 0 Å². The maximum atomic E-state index is 11.0. The molecule has 3 rings (SSSR count). The van der Waals surface area contributed by atoms with Crippen LogP contribution in [0.25, 0.3) is 0 Å². The molecular formula is C13H16LiNO5S. The van der Waals surface area contributed by atoms with Gasteiger partial charge >= 0.3 is 18.9 Å². The second kappa shape index (κ2) is 6.67. The molecule has 2 aliphatic rings. The van der Waals surface area contributed by atoms with E-state index in [2.05, 4.69) is 4.98 Å². The van der Waals surface area contributed by atoms with Crippen LogP contribution >= 0.6 is 11.3 Å². The van der Waals surface area contributed by atoms with Gasteiger partial charge in [-0.05, 0) is 19.8 Å². The molecule has 110 valence electrons. The first-order valence-electron chi connectivity index (χ1n) is 6.71. The van der Waals surface area contributed by atoms with E-state index in [1.54, 1.807) is 6.92 Å². The van der Waals surface area contributed by atoms with E-state index < -0.39 is 11.8 Å². The number of thiazole rings is 1. The summed E-state index contributed by atoms with van der Waals surface area (Å²) >= 11 is 1.08. The van der Waals surface area contributed by atoms with Crippen LogP contribution in [0.5, 0.6) is 5.88 Å². The Bertz CT molecular complexity index is 505. The molecule has 8 heteroatoms. The van der Waals surface area contributed by atoms with E-state index in [4.69, 9.17) is 14.2 Å². The number of carbonyl (C=O) groups is 1. The molecule has 21 heavy (non-hydrogen) atoms. The fourth-order valence-electron chi connectivity index (χ4n) is 2.71. The number of aryl methyl sites for hydroxylation is 1. The van der Waals surface area contributed by atoms with Gasteiger partial charge in [0.2, 0.25) is 5.88 Å². The van der Waals surface area contributed by atoms with Gasteiger partial charge in [-0.25, -0.2) is 4.98 Å². The van der Waals surface area contributed by atoms with Crippen molar-refractivity contribution in [2.24, 2.45) is 0 Å². The molecule has 1 aliphatic heterocycles. The number of hydrogen-bond acceptors (Lipinski definition) is 7. The molecule has 0 atom stereocenters. The van der Waals surface area contributed by atoms with Crippen LogP contribution in [0, 0.1) is 6.92 Å². The molecule has 2 heterocycles. The summed E-state index contributed by atoms with van der Waals surface area (Å²) in [5.74, 6) is -1.49. The third kappa shape index (κ3) is 3.61. The topological polar surface area (TPSA) is 80.7 Å². The molecule has 0 N–H and O–H groups in total. The Morgan fingerprint density at radius 1 is 1.38 bits per heavy atom. The van der Waals surface area contributed by atoms with Crippen molar-refractivity contribution < 1.29 is 43.0 Å². The van der Waals surface area contributed by atoms with Gasteiger partial charge < -0.3 is 24.1 Å². The third-order valence-electron chi connectivity index (χ3n) is 3.67. The number of carboxylic acids is 1. The predicted octanol–water partition coefficient (Wildman–Crippen LogP) is -2.12. The minimum absolute atomic E-state index is 0. The van der Waals surface area contributed by atoms with Crippen LogP contribution in [-0.4, -0.2) is 36.1 Å². The molecule has 1 saturated carbocycles. The van der Waals surface area contributed by atoms with E-state index >= 15 is 0 Å². The van der Waals surface area contributed by atoms with Crippen LogP contribution in [0.4, 0.5) is 0 Å². The zero-order chi connectivity index (χ0) is 14.2. The van der Waals surface area contributed by atoms with Crippen LogP contribution in [0.15, 0.2) is 0 Å². The standard InChI is InChI=1S/C13H17NO5S.Li/c1-8-14-11(10(20-8)12(15)16)19-9-2-4-13(5-3-9)17-6-7-18-13;/h9H,2-7H2,1H3,(H,15,16);/q;+1/p-1. The summed E-state index contributed by atoms with van der Waals surface area (Å²) in [5.41, 5.74) is 0. The normalized spacial score (nSPS) is 21.2. The van der Waals surface area contributed by atoms with Gasteiger partial charge in [0.15, 0.2) is 5.79 Å². The average Bonchev–Trinajstić information content (AvgIpc) is 3.00. The summed E-state index contributed by atoms with van der Waals surface area (Å²) in [4.78, 5) is 15.2. The number of aromatic nitrogens is 1. The monoisotopic (exact) mass is 305 g/mol. The maximum absolute atomic E-state index is 11.0. The Morgan fingerprint density at radius 2 is 2.00 bits per heavy atom. The van der Waals surface area contributed by atoms with Gasteiger partial charge in [0.05, 0.1) is 24.2 Å². The largest absolute Gasteiger partial charge is 1.00 e. The van der Waals surface area contributed by atoms with Crippen LogP contribution in [-0.2, 0) is 9.47 Å². The number of aromatic carboxylic acids is 1. The first kappa shape index (κ1) is 16.8. The summed E-state index contributed by atoms with van der Waals surface area (Å²) in [6, 6.07) is 0. The Balaban J connectivity index is 0.00000161. The zero-order valence-corrected chi connectivity index (χ0v) is 13.0. The Labute approximate surface area is 139 Å². The van der Waals surface area contributed by atoms with Gasteiger partial charge in [-0.2, -0.15) is 0 Å². The molecule has 2 fully saturated rings. The molecule has 6 nitrogen and oxygen atoms in total. The molecule has 1 aromatic rings. The minimum Gasteiger partial charge on any atom is -0.544 e. The van der Waals surface area contributed by atoms with E-state index in [9.17, 15) is 9.90 Å². The van der Waals surface area contributed by atoms with Gasteiger partial charge in [-0.15, -0.1) is 11.3 Å². The van der Waals surface area contributed by atoms with E-state index in [0.29, 0.717) is 18.2 Å². The second-order valence-corrected chi connectivity index (χ2v) is 6.28. The predicted molar refractivity (Wildman–Crippen MR) is 68.7 cm³/mol. The second-order valence-electron chi connectivity index (χ2n) is 5.08. The number of carboxylic acid groups (broad SMARTS) is 1. The van der Waals surface area contributed by atoms with Crippen LogP contribution in [0.1, 0.15) is 40.4 Å². The molecule has 1 spiro atoms. The number of carbonyl (C=O) groups excluding carboxylic acids is 1. The van der Waals surface area contributed by atoms with Crippen molar-refractivity contribution in [1.82, 2.24) is 4.98 Å². The molecule has 1 aliphatic carbocycles. The van der Waals surface area contributed by atoms with Crippen LogP contribution in [0.2, 0.25) is 0 Å². The molecule has 1 aromatic heterocycles. The van der Waals surface area contributed by atoms with E-state index in [0.717, 1.165) is 37.0 Å². The quantitative estimate of drug-likeness (QED) is 0.594. The van der Waals surface area contributed by atoms with E-state index in [1.165, 1.54) is 0 Å². The van der Waals surface area contributed by atoms with Crippen molar-refractivity contribution in [3.63, 3.8) is 0 Å². The Hall–Kier alpha value is -0.583. The number of rotatable bonds is 3. The van der Waals surface area contributed by atoms with Crippen molar-refractivity contribution in [1.29, 1.82) is 0 Å². The summed E-state index contributed by atoms with van der Waals surface area (Å²) in [7, 11) is 0. The Kier molecular flexibility index (Phi) is 5.33. The van der Waals surface area contributed by atoms with Gasteiger partial charge in [0.1, 0.15) is 11.0 Å². The number of hydrogen-bond donors (Lipinski definition) is 0. The number of nitrogens with zero attached hydrogens (tertiary/aromatic N) is 1. The number of ether oxygens (including phenoxy) is 3. The van der Waals surface area contributed by atoms with Gasteiger partial charge in [-0.3, -0.25) is 0 Å². The molecule has 0 aromatic carbocycles. The minimum atomic E-state index is -1.24. The van der Waals surface area contributed by atoms with Crippen molar-refractivity contribution in [2.75, 3.05) is 13.2 Å². The van der Waals surface area contributed by atoms with Crippen molar-refractivity contribution >= 4 is 17.3 Å². The third-order valence-corrected chi connectivity index (χ3v) is 4.61. The summed E-state index contributed by atoms with van der Waals surface area (Å²) in [5, 5.41) is 11.7. The van der Waals surface area contributed by atoms with Crippen LogP contribution < -0.4 is 28.7 Å². The fourth-order valence-corrected chi connectivity index (χ4v) is 3.40. The summed E-state index contributed by atoms with van der Waals surface area (Å²) in [6.45, 7) is 3.04. The molecule has 1 saturated heterocycles. The first-order valence-corrected chi connectivity index (χ1v) is 7.53.